The van der Waals surface area contributed by atoms with Gasteiger partial charge in [-0.15, -0.1) is 0 Å². The molecule has 0 aliphatic heterocycles. The number of rotatable bonds is 13. The second-order valence-corrected chi connectivity index (χ2v) is 13.7. The smallest absolute Gasteiger partial charge is 0.407 e. The molecule has 3 aromatic carbocycles. The molecule has 4 atom stereocenters. The van der Waals surface area contributed by atoms with Crippen LogP contribution in [-0.4, -0.2) is 68.2 Å². The van der Waals surface area contributed by atoms with E-state index in [1.165, 1.54) is 7.11 Å². The molecule has 0 radical (unpaired) electrons. The number of nitrogens with one attached hydrogen (secondary N) is 6. The molecular weight excluding hydrogens is 676 g/mol. The molecule has 53 heavy (non-hydrogen) atoms. The number of aromatic amines is 2. The molecule has 0 bridgehead atoms. The van der Waals surface area contributed by atoms with E-state index in [-0.39, 0.29) is 17.7 Å². The van der Waals surface area contributed by atoms with E-state index in [0.29, 0.717) is 11.6 Å². The molecule has 0 aliphatic carbocycles. The van der Waals surface area contributed by atoms with Crippen molar-refractivity contribution in [3.8, 4) is 33.6 Å². The summed E-state index contributed by atoms with van der Waals surface area (Å²) in [6, 6.07) is 18.0. The van der Waals surface area contributed by atoms with Crippen LogP contribution in [-0.2, 0) is 14.3 Å². The average Bonchev–Trinajstić information content (AvgIpc) is 3.83. The Balaban J connectivity index is 1.23. The molecule has 7 N–H and O–H groups in total. The van der Waals surface area contributed by atoms with E-state index >= 15 is 0 Å². The topological polar surface area (TPSA) is 203 Å². The number of carboxylic acid groups (broad SMARTS) is 1. The average molecular weight is 723 g/mol. The number of benzene rings is 3. The van der Waals surface area contributed by atoms with Crippen LogP contribution in [0.15, 0.2) is 73.1 Å². The molecule has 14 heteroatoms. The Morgan fingerprint density at radius 2 is 1.04 bits per heavy atom. The van der Waals surface area contributed by atoms with Crippen LogP contribution >= 0.6 is 0 Å². The molecule has 0 spiro atoms. The standard InChI is InChI=1S/C39H46N8O6/c1-20(2)32(46-38(50)51)36(48)42-22(5)34-40-18-30(44-34)25-10-8-24(9-11-25)26-12-13-28-17-29(15-14-27(28)16-26)31-19-41-35(45-31)23(6)43-37(49)33(21(3)4)47-39(52)53-7/h8-23,32-33,46H,1-7H3,(H,40,44)(H,41,45)(H,42,48)(H,43,49)(H,47,52)(H,50,51)/t22-,23-,32-,33-/m0/s1. The van der Waals surface area contributed by atoms with Crippen molar-refractivity contribution in [3.05, 3.63) is 84.7 Å². The third-order valence-corrected chi connectivity index (χ3v) is 9.02. The van der Waals surface area contributed by atoms with E-state index < -0.39 is 42.3 Å². The lowest BCUT2D eigenvalue weighted by molar-refractivity contribution is -0.125. The van der Waals surface area contributed by atoms with Crippen LogP contribution in [0, 0.1) is 11.8 Å². The highest BCUT2D eigenvalue weighted by Gasteiger charge is 2.27. The molecule has 0 saturated heterocycles. The van der Waals surface area contributed by atoms with Crippen molar-refractivity contribution < 1.29 is 29.0 Å². The van der Waals surface area contributed by atoms with E-state index in [9.17, 15) is 19.2 Å². The number of aromatic nitrogens is 4. The van der Waals surface area contributed by atoms with Crippen LogP contribution in [0.2, 0.25) is 0 Å². The Kier molecular flexibility index (Phi) is 11.8. The second-order valence-electron chi connectivity index (χ2n) is 13.7. The van der Waals surface area contributed by atoms with Gasteiger partial charge in [0.2, 0.25) is 11.8 Å². The number of methoxy groups -OCH3 is 1. The molecule has 278 valence electrons. The lowest BCUT2D eigenvalue weighted by atomic mass is 9.98. The van der Waals surface area contributed by atoms with E-state index in [4.69, 9.17) is 10.1 Å². The van der Waals surface area contributed by atoms with Gasteiger partial charge in [-0.3, -0.25) is 9.59 Å². The molecule has 2 aromatic heterocycles. The van der Waals surface area contributed by atoms with Crippen molar-refractivity contribution in [1.82, 2.24) is 41.2 Å². The van der Waals surface area contributed by atoms with Crippen molar-refractivity contribution in [3.63, 3.8) is 0 Å². The second kappa shape index (κ2) is 16.4. The van der Waals surface area contributed by atoms with Gasteiger partial charge in [-0.25, -0.2) is 19.6 Å². The summed E-state index contributed by atoms with van der Waals surface area (Å²) in [7, 11) is 1.26. The number of H-pyrrole nitrogens is 2. The van der Waals surface area contributed by atoms with Gasteiger partial charge in [0.05, 0.1) is 30.6 Å². The monoisotopic (exact) mass is 722 g/mol. The zero-order valence-corrected chi connectivity index (χ0v) is 30.8. The fourth-order valence-corrected chi connectivity index (χ4v) is 5.96. The first kappa shape index (κ1) is 38.1. The number of imidazole rings is 2. The molecule has 14 nitrogen and oxygen atoms in total. The summed E-state index contributed by atoms with van der Waals surface area (Å²) in [5.74, 6) is 0.0356. The van der Waals surface area contributed by atoms with E-state index in [1.807, 2.05) is 57.3 Å². The Morgan fingerprint density at radius 3 is 1.53 bits per heavy atom. The number of hydrogen-bond donors (Lipinski definition) is 7. The maximum Gasteiger partial charge on any atom is 0.407 e. The molecule has 0 saturated carbocycles. The minimum Gasteiger partial charge on any atom is -0.465 e. The maximum atomic E-state index is 12.9. The van der Waals surface area contributed by atoms with Crippen LogP contribution in [0.3, 0.4) is 0 Å². The maximum absolute atomic E-state index is 12.9. The quantitative estimate of drug-likeness (QED) is 0.0732. The predicted octanol–water partition coefficient (Wildman–Crippen LogP) is 6.31. The zero-order valence-electron chi connectivity index (χ0n) is 30.8. The SMILES string of the molecule is COC(=O)N[C@H](C(=O)N[C@@H](C)c1nc(-c2ccc3cc(-c4ccc(-c5c[nH]c([C@H](C)NC(=O)[C@@H](NC(=O)O)C(C)C)n5)cc4)ccc3c2)c[nH]1)C(C)C. The van der Waals surface area contributed by atoms with Gasteiger partial charge in [0, 0.05) is 23.5 Å². The first-order valence-corrected chi connectivity index (χ1v) is 17.4. The van der Waals surface area contributed by atoms with Crippen molar-refractivity contribution in [1.29, 1.82) is 0 Å². The Hall–Kier alpha value is -6.18. The fourth-order valence-electron chi connectivity index (χ4n) is 5.96. The number of hydrogen-bond acceptors (Lipinski definition) is 7. The van der Waals surface area contributed by atoms with E-state index in [0.717, 1.165) is 44.4 Å². The third kappa shape index (κ3) is 9.19. The summed E-state index contributed by atoms with van der Waals surface area (Å²) < 4.78 is 4.66. The highest BCUT2D eigenvalue weighted by Crippen LogP contribution is 2.30. The van der Waals surface area contributed by atoms with E-state index in [2.05, 4.69) is 71.3 Å². The third-order valence-electron chi connectivity index (χ3n) is 9.02. The van der Waals surface area contributed by atoms with Crippen molar-refractivity contribution >= 4 is 34.8 Å². The minimum atomic E-state index is -1.25. The van der Waals surface area contributed by atoms with Crippen LogP contribution in [0.4, 0.5) is 9.59 Å². The summed E-state index contributed by atoms with van der Waals surface area (Å²) in [5.41, 5.74) is 5.37. The summed E-state index contributed by atoms with van der Waals surface area (Å²) in [6.07, 6.45) is 1.67. The molecular formula is C39H46N8O6. The van der Waals surface area contributed by atoms with Crippen LogP contribution in [0.25, 0.3) is 44.4 Å². The first-order valence-electron chi connectivity index (χ1n) is 17.4. The predicted molar refractivity (Wildman–Crippen MR) is 202 cm³/mol. The summed E-state index contributed by atoms with van der Waals surface area (Å²) >= 11 is 0. The normalized spacial score (nSPS) is 13.6. The number of alkyl carbamates (subject to hydrolysis) is 1. The van der Waals surface area contributed by atoms with Gasteiger partial charge in [-0.1, -0.05) is 76.2 Å². The molecule has 2 heterocycles. The lowest BCUT2D eigenvalue weighted by Gasteiger charge is -2.22. The number of nitrogens with zero attached hydrogens (tertiary/aromatic N) is 2. The van der Waals surface area contributed by atoms with Gasteiger partial charge in [-0.05, 0) is 59.7 Å². The molecule has 5 rings (SSSR count). The van der Waals surface area contributed by atoms with Gasteiger partial charge in [0.15, 0.2) is 0 Å². The minimum absolute atomic E-state index is 0.143. The van der Waals surface area contributed by atoms with Crippen molar-refractivity contribution in [2.75, 3.05) is 7.11 Å². The Bertz CT molecular complexity index is 2090. The van der Waals surface area contributed by atoms with E-state index in [1.54, 1.807) is 27.0 Å². The molecule has 0 fully saturated rings. The van der Waals surface area contributed by atoms with Crippen molar-refractivity contribution in [2.24, 2.45) is 11.8 Å². The number of carbonyl (C=O) groups excluding carboxylic acids is 3. The molecule has 5 aromatic rings. The van der Waals surface area contributed by atoms with Gasteiger partial charge >= 0.3 is 12.2 Å². The highest BCUT2D eigenvalue weighted by molar-refractivity contribution is 5.91. The molecule has 4 amide bonds. The Labute approximate surface area is 307 Å². The number of fused-ring (bicyclic) bond motifs is 1. The summed E-state index contributed by atoms with van der Waals surface area (Å²) in [5, 5.41) is 21.8. The van der Waals surface area contributed by atoms with Crippen LogP contribution in [0.1, 0.15) is 65.3 Å². The van der Waals surface area contributed by atoms with Gasteiger partial charge in [0.25, 0.3) is 0 Å². The number of amides is 4. The highest BCUT2D eigenvalue weighted by atomic mass is 16.5. The first-order chi connectivity index (χ1) is 25.2. The van der Waals surface area contributed by atoms with Gasteiger partial charge in [-0.2, -0.15) is 0 Å². The molecule has 0 aliphatic rings. The van der Waals surface area contributed by atoms with Crippen LogP contribution in [0.5, 0.6) is 0 Å². The van der Waals surface area contributed by atoms with Gasteiger partial charge < -0.3 is 41.1 Å². The summed E-state index contributed by atoms with van der Waals surface area (Å²) in [6.45, 7) is 10.9. The zero-order chi connectivity index (χ0) is 38.4. The lowest BCUT2D eigenvalue weighted by Crippen LogP contribution is -2.50. The van der Waals surface area contributed by atoms with Crippen molar-refractivity contribution in [2.45, 2.75) is 65.7 Å². The molecule has 0 unspecified atom stereocenters. The summed E-state index contributed by atoms with van der Waals surface area (Å²) in [4.78, 5) is 64.2. The number of ether oxygens (including phenoxy) is 1. The van der Waals surface area contributed by atoms with Gasteiger partial charge in [0.1, 0.15) is 23.7 Å². The van der Waals surface area contributed by atoms with Crippen LogP contribution < -0.4 is 21.3 Å². The number of carbonyl (C=O) groups is 4. The Morgan fingerprint density at radius 1 is 0.604 bits per heavy atom. The fraction of sp³-hybridized carbons (Fsp3) is 0.333. The largest absolute Gasteiger partial charge is 0.465 e.